The lowest BCUT2D eigenvalue weighted by Crippen LogP contribution is -2.19. The van der Waals surface area contributed by atoms with Gasteiger partial charge < -0.3 is 14.9 Å². The molecule has 1 aromatic carbocycles. The van der Waals surface area contributed by atoms with Gasteiger partial charge in [0.2, 0.25) is 0 Å². The van der Waals surface area contributed by atoms with Crippen molar-refractivity contribution in [2.45, 2.75) is 12.2 Å². The lowest BCUT2D eigenvalue weighted by molar-refractivity contribution is 0.0469. The first-order valence-corrected chi connectivity index (χ1v) is 4.44. The Hall–Kier alpha value is -1.32. The smallest absolute Gasteiger partial charge is 0.119 e. The van der Waals surface area contributed by atoms with Crippen LogP contribution in [0.1, 0.15) is 17.2 Å². The van der Waals surface area contributed by atoms with Crippen LogP contribution in [0.3, 0.4) is 0 Å². The van der Waals surface area contributed by atoms with Gasteiger partial charge in [-0.2, -0.15) is 0 Å². The molecule has 1 aliphatic carbocycles. The average Bonchev–Trinajstić information content (AvgIpc) is 2.23. The van der Waals surface area contributed by atoms with Crippen LogP contribution in [-0.4, -0.2) is 23.4 Å². The van der Waals surface area contributed by atoms with Crippen LogP contribution in [0.15, 0.2) is 24.3 Å². The Morgan fingerprint density at radius 1 is 1.29 bits per heavy atom. The van der Waals surface area contributed by atoms with Gasteiger partial charge in [-0.15, -0.1) is 0 Å². The number of methoxy groups -OCH3 is 1. The number of hydrogen-bond donors (Lipinski definition) is 2. The summed E-state index contributed by atoms with van der Waals surface area (Å²) < 4.78 is 5.05. The van der Waals surface area contributed by atoms with Crippen LogP contribution in [-0.2, 0) is 0 Å². The van der Waals surface area contributed by atoms with E-state index in [1.807, 2.05) is 12.1 Å². The fourth-order valence-corrected chi connectivity index (χ4v) is 1.58. The summed E-state index contributed by atoms with van der Waals surface area (Å²) >= 11 is 0. The van der Waals surface area contributed by atoms with Gasteiger partial charge in [0, 0.05) is 0 Å². The van der Waals surface area contributed by atoms with Gasteiger partial charge in [0.25, 0.3) is 0 Å². The van der Waals surface area contributed by atoms with Gasteiger partial charge in [-0.3, -0.25) is 0 Å². The molecule has 0 aliphatic heterocycles. The highest BCUT2D eigenvalue weighted by Crippen LogP contribution is 2.30. The molecule has 2 N–H and O–H groups in total. The van der Waals surface area contributed by atoms with E-state index in [0.29, 0.717) is 11.3 Å². The van der Waals surface area contributed by atoms with E-state index in [1.54, 1.807) is 25.3 Å². The summed E-state index contributed by atoms with van der Waals surface area (Å²) in [6.45, 7) is 0. The Kier molecular flexibility index (Phi) is 2.27. The second kappa shape index (κ2) is 3.44. The quantitative estimate of drug-likeness (QED) is 0.701. The fraction of sp³-hybridized carbons (Fsp3) is 0.273. The highest BCUT2D eigenvalue weighted by Gasteiger charge is 2.22. The van der Waals surface area contributed by atoms with Gasteiger partial charge >= 0.3 is 0 Å². The van der Waals surface area contributed by atoms with Gasteiger partial charge in [0.15, 0.2) is 0 Å². The summed E-state index contributed by atoms with van der Waals surface area (Å²) in [6, 6.07) is 5.43. The van der Waals surface area contributed by atoms with Crippen LogP contribution in [0.4, 0.5) is 0 Å². The largest absolute Gasteiger partial charge is 0.497 e. The molecule has 0 bridgehead atoms. The van der Waals surface area contributed by atoms with Crippen LogP contribution >= 0.6 is 0 Å². The number of benzene rings is 1. The van der Waals surface area contributed by atoms with Crippen molar-refractivity contribution in [1.82, 2.24) is 0 Å². The van der Waals surface area contributed by atoms with Crippen molar-refractivity contribution >= 4 is 6.08 Å². The maximum Gasteiger partial charge on any atom is 0.119 e. The molecule has 2 rings (SSSR count). The predicted octanol–water partition coefficient (Wildman–Crippen LogP) is 1.12. The van der Waals surface area contributed by atoms with E-state index in [-0.39, 0.29) is 0 Å². The Labute approximate surface area is 82.3 Å². The van der Waals surface area contributed by atoms with Crippen LogP contribution in [0.25, 0.3) is 6.08 Å². The molecule has 1 aliphatic rings. The second-order valence-corrected chi connectivity index (χ2v) is 3.29. The van der Waals surface area contributed by atoms with Crippen LogP contribution in [0.5, 0.6) is 5.75 Å². The van der Waals surface area contributed by atoms with Crippen molar-refractivity contribution in [3.63, 3.8) is 0 Å². The molecule has 0 spiro atoms. The number of rotatable bonds is 1. The van der Waals surface area contributed by atoms with Gasteiger partial charge in [0.05, 0.1) is 7.11 Å². The number of hydrogen-bond acceptors (Lipinski definition) is 3. The second-order valence-electron chi connectivity index (χ2n) is 3.29. The highest BCUT2D eigenvalue weighted by molar-refractivity contribution is 5.59. The lowest BCUT2D eigenvalue weighted by Gasteiger charge is -2.22. The van der Waals surface area contributed by atoms with E-state index in [9.17, 15) is 10.2 Å². The van der Waals surface area contributed by atoms with E-state index in [4.69, 9.17) is 4.74 Å². The Morgan fingerprint density at radius 2 is 2.07 bits per heavy atom. The van der Waals surface area contributed by atoms with Crippen molar-refractivity contribution in [2.24, 2.45) is 0 Å². The Morgan fingerprint density at radius 3 is 2.79 bits per heavy atom. The number of aliphatic hydroxyl groups is 2. The summed E-state index contributed by atoms with van der Waals surface area (Å²) in [5, 5.41) is 19.1. The topological polar surface area (TPSA) is 49.7 Å². The van der Waals surface area contributed by atoms with E-state index in [0.717, 1.165) is 5.56 Å². The van der Waals surface area contributed by atoms with Crippen molar-refractivity contribution in [1.29, 1.82) is 0 Å². The average molecular weight is 192 g/mol. The highest BCUT2D eigenvalue weighted by atomic mass is 16.5. The molecule has 0 aromatic heterocycles. The molecule has 0 saturated heterocycles. The van der Waals surface area contributed by atoms with Crippen LogP contribution in [0, 0.1) is 0 Å². The van der Waals surface area contributed by atoms with Crippen molar-refractivity contribution < 1.29 is 14.9 Å². The molecule has 1 aromatic rings. The number of fused-ring (bicyclic) bond motifs is 1. The summed E-state index contributed by atoms with van der Waals surface area (Å²) in [5.41, 5.74) is 1.63. The predicted molar refractivity (Wildman–Crippen MR) is 53.0 cm³/mol. The molecule has 14 heavy (non-hydrogen) atoms. The third-order valence-electron chi connectivity index (χ3n) is 2.41. The summed E-state index contributed by atoms with van der Waals surface area (Å²) in [6.07, 6.45) is 1.70. The van der Waals surface area contributed by atoms with Gasteiger partial charge in [-0.05, 0) is 23.3 Å². The minimum Gasteiger partial charge on any atom is -0.497 e. The molecule has 0 heterocycles. The first-order valence-electron chi connectivity index (χ1n) is 4.44. The monoisotopic (exact) mass is 192 g/mol. The minimum atomic E-state index is -0.856. The standard InChI is InChI=1S/C11H12O3/c1-14-8-4-2-7-3-5-10(12)11(13)9(7)6-8/h2-6,10-13H,1H3/t10-,11+/m0/s1. The van der Waals surface area contributed by atoms with Crippen molar-refractivity contribution in [3.8, 4) is 5.75 Å². The third kappa shape index (κ3) is 1.41. The normalized spacial score (nSPS) is 24.5. The van der Waals surface area contributed by atoms with E-state index < -0.39 is 12.2 Å². The third-order valence-corrected chi connectivity index (χ3v) is 2.41. The zero-order valence-corrected chi connectivity index (χ0v) is 7.84. The zero-order valence-electron chi connectivity index (χ0n) is 7.84. The van der Waals surface area contributed by atoms with Gasteiger partial charge in [-0.25, -0.2) is 0 Å². The van der Waals surface area contributed by atoms with E-state index in [1.165, 1.54) is 0 Å². The summed E-state index contributed by atoms with van der Waals surface area (Å²) in [7, 11) is 1.57. The lowest BCUT2D eigenvalue weighted by atomic mass is 9.93. The first kappa shape index (κ1) is 9.24. The maximum absolute atomic E-state index is 9.69. The molecule has 0 unspecified atom stereocenters. The molecule has 0 saturated carbocycles. The zero-order chi connectivity index (χ0) is 10.1. The Balaban J connectivity index is 2.48. The van der Waals surface area contributed by atoms with Gasteiger partial charge in [-0.1, -0.05) is 18.2 Å². The molecule has 0 fully saturated rings. The SMILES string of the molecule is COc1ccc2c(c1)[C@@H](O)[C@@H](O)C=C2. The van der Waals surface area contributed by atoms with E-state index >= 15 is 0 Å². The van der Waals surface area contributed by atoms with Crippen LogP contribution < -0.4 is 4.74 Å². The minimum absolute atomic E-state index is 0.685. The first-order chi connectivity index (χ1) is 6.72. The molecule has 74 valence electrons. The molecule has 2 atom stereocenters. The van der Waals surface area contributed by atoms with E-state index in [2.05, 4.69) is 0 Å². The molecule has 0 amide bonds. The van der Waals surface area contributed by atoms with Crippen molar-refractivity contribution in [2.75, 3.05) is 7.11 Å². The molecular weight excluding hydrogens is 180 g/mol. The number of aliphatic hydroxyl groups excluding tert-OH is 2. The Bertz CT molecular complexity index is 371. The van der Waals surface area contributed by atoms with Crippen LogP contribution in [0.2, 0.25) is 0 Å². The number of ether oxygens (including phenoxy) is 1. The summed E-state index contributed by atoms with van der Waals surface area (Å²) in [4.78, 5) is 0. The maximum atomic E-state index is 9.69. The summed E-state index contributed by atoms with van der Waals surface area (Å²) in [5.74, 6) is 0.685. The molecular formula is C11H12O3. The molecule has 0 radical (unpaired) electrons. The molecule has 3 nitrogen and oxygen atoms in total. The van der Waals surface area contributed by atoms with Crippen molar-refractivity contribution in [3.05, 3.63) is 35.4 Å². The molecule has 3 heteroatoms. The van der Waals surface area contributed by atoms with Gasteiger partial charge in [0.1, 0.15) is 18.0 Å². The fourth-order valence-electron chi connectivity index (χ4n) is 1.58.